The fraction of sp³-hybridized carbons (Fsp3) is 0.200. The molecule has 0 radical (unpaired) electrons. The number of amides is 3. The van der Waals surface area contributed by atoms with Crippen molar-refractivity contribution in [1.29, 1.82) is 0 Å². The molecule has 2 aliphatic rings. The smallest absolute Gasteiger partial charge is 0.279 e. The van der Waals surface area contributed by atoms with E-state index in [1.807, 2.05) is 23.7 Å². The molecule has 0 saturated carbocycles. The van der Waals surface area contributed by atoms with Gasteiger partial charge in [0.05, 0.1) is 15.9 Å². The van der Waals surface area contributed by atoms with Gasteiger partial charge in [-0.25, -0.2) is 0 Å². The van der Waals surface area contributed by atoms with Crippen LogP contribution < -0.4 is 19.2 Å². The zero-order chi connectivity index (χ0) is 20.1. The van der Waals surface area contributed by atoms with Crippen molar-refractivity contribution in [2.45, 2.75) is 12.8 Å². The summed E-state index contributed by atoms with van der Waals surface area (Å²) in [6.45, 7) is 0.199. The normalized spacial score (nSPS) is 16.3. The fourth-order valence-corrected chi connectivity index (χ4v) is 4.45. The minimum atomic E-state index is -0.451. The number of hydrogen-bond acceptors (Lipinski definition) is 6. The number of fused-ring (bicyclic) bond motifs is 2. The van der Waals surface area contributed by atoms with E-state index in [4.69, 9.17) is 9.47 Å². The molecule has 0 atom stereocenters. The molecule has 5 rings (SSSR count). The summed E-state index contributed by atoms with van der Waals surface area (Å²) >= 11 is 1.36. The van der Waals surface area contributed by atoms with Crippen LogP contribution in [0, 0.1) is 0 Å². The highest BCUT2D eigenvalue weighted by atomic mass is 32.1. The van der Waals surface area contributed by atoms with Crippen LogP contribution >= 0.6 is 11.3 Å². The molecule has 29 heavy (non-hydrogen) atoms. The zero-order valence-corrected chi connectivity index (χ0v) is 16.2. The van der Waals surface area contributed by atoms with Gasteiger partial charge >= 0.3 is 0 Å². The Labute approximate surface area is 168 Å². The Bertz CT molecular complexity index is 1260. The first-order valence-electron chi connectivity index (χ1n) is 8.95. The second-order valence-electron chi connectivity index (χ2n) is 6.71. The summed E-state index contributed by atoms with van der Waals surface area (Å²) < 4.78 is 13.6. The predicted molar refractivity (Wildman–Crippen MR) is 105 cm³/mol. The van der Waals surface area contributed by atoms with Gasteiger partial charge in [-0.15, -0.1) is 0 Å². The van der Waals surface area contributed by atoms with Crippen molar-refractivity contribution in [3.63, 3.8) is 0 Å². The first kappa shape index (κ1) is 17.6. The Morgan fingerprint density at radius 2 is 1.79 bits per heavy atom. The highest BCUT2D eigenvalue weighted by molar-refractivity contribution is 7.16. The summed E-state index contributed by atoms with van der Waals surface area (Å²) in [6, 6.07) is 10.2. The Hall–Kier alpha value is -3.46. The van der Waals surface area contributed by atoms with Crippen LogP contribution in [0.25, 0.3) is 10.2 Å². The highest BCUT2D eigenvalue weighted by Crippen LogP contribution is 2.36. The van der Waals surface area contributed by atoms with Gasteiger partial charge in [0.25, 0.3) is 5.91 Å². The van der Waals surface area contributed by atoms with Crippen LogP contribution in [0.3, 0.4) is 0 Å². The molecule has 8 nitrogen and oxygen atoms in total. The van der Waals surface area contributed by atoms with Crippen molar-refractivity contribution in [3.8, 4) is 11.5 Å². The van der Waals surface area contributed by atoms with Crippen LogP contribution in [0.5, 0.6) is 11.5 Å². The predicted octanol–water partition coefficient (Wildman–Crippen LogP) is 2.36. The molecule has 9 heteroatoms. The van der Waals surface area contributed by atoms with Gasteiger partial charge in [-0.1, -0.05) is 17.4 Å². The second kappa shape index (κ2) is 6.56. The van der Waals surface area contributed by atoms with Crippen molar-refractivity contribution in [3.05, 3.63) is 46.8 Å². The molecule has 0 N–H and O–H groups in total. The Balaban J connectivity index is 1.52. The lowest BCUT2D eigenvalue weighted by Gasteiger charge is -2.14. The van der Waals surface area contributed by atoms with E-state index in [-0.39, 0.29) is 31.4 Å². The molecule has 1 fully saturated rings. The molecule has 3 heterocycles. The summed E-state index contributed by atoms with van der Waals surface area (Å²) in [5, 5.41) is 0. The number of aromatic nitrogens is 1. The molecule has 3 amide bonds. The van der Waals surface area contributed by atoms with Crippen LogP contribution in [0.15, 0.2) is 41.4 Å². The number of thiazole rings is 1. The van der Waals surface area contributed by atoms with Crippen LogP contribution in [-0.2, 0) is 16.6 Å². The standard InChI is InChI=1S/C20H15N3O5S/c1-22-13-8-14-15(28-10-27-14)9-16(13)29-20(22)21-19(26)11-3-2-4-12(7-11)23-17(24)5-6-18(23)25/h2-4,7-9H,5-6,10H2,1H3. The third kappa shape index (κ3) is 2.90. The second-order valence-corrected chi connectivity index (χ2v) is 7.72. The number of rotatable bonds is 2. The van der Waals surface area contributed by atoms with Crippen LogP contribution in [0.2, 0.25) is 0 Å². The van der Waals surface area contributed by atoms with Gasteiger partial charge in [0.1, 0.15) is 0 Å². The number of anilines is 1. The van der Waals surface area contributed by atoms with E-state index in [0.29, 0.717) is 27.6 Å². The Morgan fingerprint density at radius 1 is 1.07 bits per heavy atom. The summed E-state index contributed by atoms with van der Waals surface area (Å²) in [5.74, 6) is 0.365. The van der Waals surface area contributed by atoms with Crippen LogP contribution in [0.1, 0.15) is 23.2 Å². The van der Waals surface area contributed by atoms with Crippen molar-refractivity contribution in [2.24, 2.45) is 12.0 Å². The van der Waals surface area contributed by atoms with E-state index in [1.165, 1.54) is 17.4 Å². The molecule has 0 bridgehead atoms. The van der Waals surface area contributed by atoms with Crippen LogP contribution in [-0.4, -0.2) is 29.1 Å². The number of carbonyl (C=O) groups excluding carboxylic acids is 3. The third-order valence-electron chi connectivity index (χ3n) is 4.90. The molecular formula is C20H15N3O5S. The first-order valence-corrected chi connectivity index (χ1v) is 9.77. The van der Waals surface area contributed by atoms with Crippen molar-refractivity contribution < 1.29 is 23.9 Å². The number of imide groups is 1. The lowest BCUT2D eigenvalue weighted by atomic mass is 10.2. The maximum absolute atomic E-state index is 12.8. The molecule has 0 unspecified atom stereocenters. The molecule has 146 valence electrons. The number of nitrogens with zero attached hydrogens (tertiary/aromatic N) is 3. The van der Waals surface area contributed by atoms with Crippen molar-refractivity contribution in [2.75, 3.05) is 11.7 Å². The van der Waals surface area contributed by atoms with Gasteiger partial charge < -0.3 is 14.0 Å². The number of benzene rings is 2. The van der Waals surface area contributed by atoms with Gasteiger partial charge in [-0.2, -0.15) is 4.99 Å². The van der Waals surface area contributed by atoms with Gasteiger partial charge in [0, 0.05) is 37.6 Å². The lowest BCUT2D eigenvalue weighted by Crippen LogP contribution is -2.28. The van der Waals surface area contributed by atoms with Gasteiger partial charge in [-0.3, -0.25) is 19.3 Å². The minimum absolute atomic E-state index is 0.191. The highest BCUT2D eigenvalue weighted by Gasteiger charge is 2.30. The van der Waals surface area contributed by atoms with E-state index in [0.717, 1.165) is 15.1 Å². The average Bonchev–Trinajstić information content (AvgIpc) is 3.39. The van der Waals surface area contributed by atoms with Crippen LogP contribution in [0.4, 0.5) is 5.69 Å². The number of carbonyl (C=O) groups is 3. The molecular weight excluding hydrogens is 394 g/mol. The fourth-order valence-electron chi connectivity index (χ4n) is 3.42. The van der Waals surface area contributed by atoms with Gasteiger partial charge in [-0.05, 0) is 18.2 Å². The van der Waals surface area contributed by atoms with E-state index in [2.05, 4.69) is 4.99 Å². The molecule has 2 aliphatic heterocycles. The summed E-state index contributed by atoms with van der Waals surface area (Å²) in [4.78, 5) is 42.6. The van der Waals surface area contributed by atoms with Crippen molar-refractivity contribution >= 4 is 45.0 Å². The number of aryl methyl sites for hydroxylation is 1. The zero-order valence-electron chi connectivity index (χ0n) is 15.4. The van der Waals surface area contributed by atoms with Crippen molar-refractivity contribution in [1.82, 2.24) is 4.57 Å². The van der Waals surface area contributed by atoms with E-state index in [1.54, 1.807) is 18.2 Å². The summed E-state index contributed by atoms with van der Waals surface area (Å²) in [6.07, 6.45) is 0.382. The Kier molecular flexibility index (Phi) is 3.99. The molecule has 1 aromatic heterocycles. The molecule has 0 spiro atoms. The Morgan fingerprint density at radius 3 is 2.55 bits per heavy atom. The lowest BCUT2D eigenvalue weighted by molar-refractivity contribution is -0.121. The van der Waals surface area contributed by atoms with Gasteiger partial charge in [0.2, 0.25) is 18.6 Å². The molecule has 0 aliphatic carbocycles. The van der Waals surface area contributed by atoms with E-state index >= 15 is 0 Å². The van der Waals surface area contributed by atoms with E-state index < -0.39 is 5.91 Å². The maximum atomic E-state index is 12.8. The SMILES string of the molecule is Cn1c(=NC(=O)c2cccc(N3C(=O)CCC3=O)c2)sc2cc3c(cc21)OCO3. The number of hydrogen-bond donors (Lipinski definition) is 0. The molecule has 3 aromatic rings. The number of ether oxygens (including phenoxy) is 2. The quantitative estimate of drug-likeness (QED) is 0.606. The largest absolute Gasteiger partial charge is 0.454 e. The monoisotopic (exact) mass is 409 g/mol. The average molecular weight is 409 g/mol. The maximum Gasteiger partial charge on any atom is 0.279 e. The third-order valence-corrected chi connectivity index (χ3v) is 6.00. The summed E-state index contributed by atoms with van der Waals surface area (Å²) in [5.41, 5.74) is 1.58. The first-order chi connectivity index (χ1) is 14.0. The summed E-state index contributed by atoms with van der Waals surface area (Å²) in [7, 11) is 1.82. The van der Waals surface area contributed by atoms with Gasteiger partial charge in [0.15, 0.2) is 16.3 Å². The minimum Gasteiger partial charge on any atom is -0.454 e. The molecule has 1 saturated heterocycles. The topological polar surface area (TPSA) is 90.2 Å². The molecule has 2 aromatic carbocycles. The van der Waals surface area contributed by atoms with E-state index in [9.17, 15) is 14.4 Å².